The average Bonchev–Trinajstić information content (AvgIpc) is 2.37. The highest BCUT2D eigenvalue weighted by molar-refractivity contribution is 9.11. The molecule has 0 fully saturated rings. The van der Waals surface area contributed by atoms with Crippen molar-refractivity contribution in [3.63, 3.8) is 0 Å². The van der Waals surface area contributed by atoms with Gasteiger partial charge in [0, 0.05) is 13.8 Å². The van der Waals surface area contributed by atoms with Crippen molar-refractivity contribution in [2.45, 2.75) is 63.6 Å². The first-order valence-electron chi connectivity index (χ1n) is 7.15. The van der Waals surface area contributed by atoms with Crippen LogP contribution in [-0.2, 0) is 0 Å². The maximum atomic E-state index is 3.83. The van der Waals surface area contributed by atoms with E-state index >= 15 is 0 Å². The Kier molecular flexibility index (Phi) is 8.92. The number of alkyl halides is 1. The molecule has 0 bridgehead atoms. The SMILES string of the molecule is CCCCCCCCC(Br)c1cc(Br)c(C)cc1Br. The Morgan fingerprint density at radius 2 is 1.58 bits per heavy atom. The summed E-state index contributed by atoms with van der Waals surface area (Å²) in [5, 5.41) is 0. The topological polar surface area (TPSA) is 0 Å². The fourth-order valence-corrected chi connectivity index (χ4v) is 4.27. The minimum absolute atomic E-state index is 0.449. The minimum Gasteiger partial charge on any atom is -0.0838 e. The van der Waals surface area contributed by atoms with Crippen LogP contribution in [0.1, 0.15) is 67.8 Å². The van der Waals surface area contributed by atoms with E-state index in [1.165, 1.54) is 65.0 Å². The number of hydrogen-bond acceptors (Lipinski definition) is 0. The highest BCUT2D eigenvalue weighted by Crippen LogP contribution is 2.36. The van der Waals surface area contributed by atoms with Gasteiger partial charge in [-0.1, -0.05) is 93.2 Å². The van der Waals surface area contributed by atoms with Crippen molar-refractivity contribution in [2.24, 2.45) is 0 Å². The molecule has 1 atom stereocenters. The number of hydrogen-bond donors (Lipinski definition) is 0. The third kappa shape index (κ3) is 6.31. The van der Waals surface area contributed by atoms with E-state index in [1.54, 1.807) is 0 Å². The Morgan fingerprint density at radius 1 is 0.947 bits per heavy atom. The molecule has 0 amide bonds. The van der Waals surface area contributed by atoms with Crippen molar-refractivity contribution in [3.05, 3.63) is 32.2 Å². The molecule has 0 radical (unpaired) electrons. The summed E-state index contributed by atoms with van der Waals surface area (Å²) in [7, 11) is 0. The Morgan fingerprint density at radius 3 is 2.26 bits per heavy atom. The first-order chi connectivity index (χ1) is 9.06. The van der Waals surface area contributed by atoms with Gasteiger partial charge < -0.3 is 0 Å². The molecule has 1 aromatic rings. The van der Waals surface area contributed by atoms with E-state index in [0.717, 1.165) is 0 Å². The molecule has 0 heterocycles. The van der Waals surface area contributed by atoms with Crippen molar-refractivity contribution < 1.29 is 0 Å². The number of halogens is 3. The summed E-state index contributed by atoms with van der Waals surface area (Å²) in [4.78, 5) is 0.449. The van der Waals surface area contributed by atoms with E-state index in [9.17, 15) is 0 Å². The lowest BCUT2D eigenvalue weighted by atomic mass is 10.0. The third-order valence-electron chi connectivity index (χ3n) is 3.43. The highest BCUT2D eigenvalue weighted by Gasteiger charge is 2.12. The maximum absolute atomic E-state index is 3.83. The van der Waals surface area contributed by atoms with Crippen LogP contribution in [0.4, 0.5) is 0 Å². The molecule has 0 aliphatic rings. The van der Waals surface area contributed by atoms with Crippen LogP contribution in [0.25, 0.3) is 0 Å². The lowest BCUT2D eigenvalue weighted by Gasteiger charge is -2.14. The monoisotopic (exact) mass is 452 g/mol. The quantitative estimate of drug-likeness (QED) is 0.278. The van der Waals surface area contributed by atoms with Gasteiger partial charge in [-0.15, -0.1) is 0 Å². The van der Waals surface area contributed by atoms with E-state index in [1.807, 2.05) is 0 Å². The van der Waals surface area contributed by atoms with E-state index < -0.39 is 0 Å². The molecule has 108 valence electrons. The van der Waals surface area contributed by atoms with E-state index in [-0.39, 0.29) is 0 Å². The second-order valence-corrected chi connectivity index (χ2v) is 7.96. The number of aryl methyl sites for hydroxylation is 1. The lowest BCUT2D eigenvalue weighted by molar-refractivity contribution is 0.588. The van der Waals surface area contributed by atoms with Gasteiger partial charge >= 0.3 is 0 Å². The molecule has 3 heteroatoms. The molecule has 1 rings (SSSR count). The molecule has 19 heavy (non-hydrogen) atoms. The summed E-state index contributed by atoms with van der Waals surface area (Å²) in [6.45, 7) is 4.39. The molecular weight excluding hydrogens is 432 g/mol. The lowest BCUT2D eigenvalue weighted by Crippen LogP contribution is -1.94. The van der Waals surface area contributed by atoms with Crippen LogP contribution in [0, 0.1) is 6.92 Å². The maximum Gasteiger partial charge on any atom is 0.0406 e. The van der Waals surface area contributed by atoms with Crippen molar-refractivity contribution in [1.82, 2.24) is 0 Å². The first-order valence-corrected chi connectivity index (χ1v) is 9.66. The number of unbranched alkanes of at least 4 members (excludes halogenated alkanes) is 5. The second kappa shape index (κ2) is 9.57. The van der Waals surface area contributed by atoms with Crippen LogP contribution < -0.4 is 0 Å². The van der Waals surface area contributed by atoms with Crippen LogP contribution in [-0.4, -0.2) is 0 Å². The van der Waals surface area contributed by atoms with Gasteiger partial charge in [0.15, 0.2) is 0 Å². The Labute approximate surface area is 143 Å². The van der Waals surface area contributed by atoms with Crippen LogP contribution in [0.15, 0.2) is 21.1 Å². The normalized spacial score (nSPS) is 12.7. The van der Waals surface area contributed by atoms with Crippen molar-refractivity contribution in [3.8, 4) is 0 Å². The van der Waals surface area contributed by atoms with Crippen LogP contribution >= 0.6 is 47.8 Å². The average molecular weight is 455 g/mol. The summed E-state index contributed by atoms with van der Waals surface area (Å²) in [5.41, 5.74) is 2.63. The summed E-state index contributed by atoms with van der Waals surface area (Å²) in [5.74, 6) is 0. The van der Waals surface area contributed by atoms with Gasteiger partial charge in [0.25, 0.3) is 0 Å². The zero-order chi connectivity index (χ0) is 14.3. The van der Waals surface area contributed by atoms with E-state index in [0.29, 0.717) is 4.83 Å². The summed E-state index contributed by atoms with van der Waals surface area (Å²) in [6.07, 6.45) is 9.35. The van der Waals surface area contributed by atoms with Crippen molar-refractivity contribution in [2.75, 3.05) is 0 Å². The van der Waals surface area contributed by atoms with Crippen molar-refractivity contribution >= 4 is 47.8 Å². The van der Waals surface area contributed by atoms with Gasteiger partial charge in [-0.3, -0.25) is 0 Å². The molecule has 0 aliphatic carbocycles. The molecule has 0 aliphatic heterocycles. The van der Waals surface area contributed by atoms with Crippen LogP contribution in [0.5, 0.6) is 0 Å². The fraction of sp³-hybridized carbons (Fsp3) is 0.625. The third-order valence-corrected chi connectivity index (χ3v) is 5.92. The molecule has 1 unspecified atom stereocenters. The highest BCUT2D eigenvalue weighted by atomic mass is 79.9. The summed E-state index contributed by atoms with van der Waals surface area (Å²) < 4.78 is 2.40. The van der Waals surface area contributed by atoms with Crippen LogP contribution in [0.2, 0.25) is 0 Å². The van der Waals surface area contributed by atoms with Crippen molar-refractivity contribution in [1.29, 1.82) is 0 Å². The molecule has 0 saturated carbocycles. The Bertz CT molecular complexity index is 388. The molecular formula is C16H23Br3. The van der Waals surface area contributed by atoms with Gasteiger partial charge in [-0.25, -0.2) is 0 Å². The zero-order valence-corrected chi connectivity index (χ0v) is 16.6. The van der Waals surface area contributed by atoms with E-state index in [2.05, 4.69) is 73.8 Å². The predicted molar refractivity (Wildman–Crippen MR) is 96.2 cm³/mol. The smallest absolute Gasteiger partial charge is 0.0406 e. The van der Waals surface area contributed by atoms with Crippen LogP contribution in [0.3, 0.4) is 0 Å². The molecule has 0 nitrogen and oxygen atoms in total. The van der Waals surface area contributed by atoms with E-state index in [4.69, 9.17) is 0 Å². The predicted octanol–water partition coefficient (Wildman–Crippen LogP) is 7.71. The number of rotatable bonds is 8. The molecule has 0 N–H and O–H groups in total. The Balaban J connectivity index is 2.41. The van der Waals surface area contributed by atoms with Gasteiger partial charge in [0.1, 0.15) is 0 Å². The minimum atomic E-state index is 0.449. The molecule has 1 aromatic carbocycles. The van der Waals surface area contributed by atoms with Gasteiger partial charge in [0.2, 0.25) is 0 Å². The molecule has 0 aromatic heterocycles. The Hall–Kier alpha value is 0.660. The zero-order valence-electron chi connectivity index (χ0n) is 11.8. The van der Waals surface area contributed by atoms with Gasteiger partial charge in [0.05, 0.1) is 0 Å². The van der Waals surface area contributed by atoms with Gasteiger partial charge in [-0.2, -0.15) is 0 Å². The van der Waals surface area contributed by atoms with Gasteiger partial charge in [-0.05, 0) is 36.6 Å². The second-order valence-electron chi connectivity index (χ2n) is 5.15. The molecule has 0 saturated heterocycles. The fourth-order valence-electron chi connectivity index (χ4n) is 2.16. The standard InChI is InChI=1S/C16H23Br3/c1-3-4-5-6-7-8-9-14(17)13-11-15(18)12(2)10-16(13)19/h10-11,14H,3-9H2,1-2H3. The summed E-state index contributed by atoms with van der Waals surface area (Å²) in [6, 6.07) is 4.42. The molecule has 0 spiro atoms. The largest absolute Gasteiger partial charge is 0.0838 e. The summed E-state index contributed by atoms with van der Waals surface area (Å²) >= 11 is 11.1. The first kappa shape index (κ1) is 17.7. The number of benzene rings is 1.